The third-order valence-corrected chi connectivity index (χ3v) is 3.82. The number of aryl methyl sites for hydroxylation is 1. The molecule has 0 fully saturated rings. The number of nitrogens with two attached hydrogens (primary N) is 1. The van der Waals surface area contributed by atoms with Crippen molar-refractivity contribution in [2.75, 3.05) is 26.6 Å². The number of anilines is 1. The summed E-state index contributed by atoms with van der Waals surface area (Å²) in [6.07, 6.45) is 3.74. The van der Waals surface area contributed by atoms with Crippen LogP contribution < -0.4 is 5.73 Å². The number of ether oxygens (including phenoxy) is 3. The van der Waals surface area contributed by atoms with Crippen molar-refractivity contribution in [3.8, 4) is 12.3 Å². The van der Waals surface area contributed by atoms with Crippen LogP contribution in [0.2, 0.25) is 0 Å². The number of halogens is 1. The molecule has 3 N–H and O–H groups in total. The lowest BCUT2D eigenvalue weighted by Crippen LogP contribution is -2.48. The number of hydrogen-bond donors (Lipinski definition) is 2. The van der Waals surface area contributed by atoms with Crippen LogP contribution in [0, 0.1) is 18.4 Å². The summed E-state index contributed by atoms with van der Waals surface area (Å²) in [5.41, 5.74) is 4.44. The van der Waals surface area contributed by atoms with Crippen molar-refractivity contribution in [3.63, 3.8) is 0 Å². The van der Waals surface area contributed by atoms with Gasteiger partial charge in [0.25, 0.3) is 0 Å². The topological polar surface area (TPSA) is 135 Å². The molecule has 2 atom stereocenters. The quantitative estimate of drug-likeness (QED) is 0.397. The van der Waals surface area contributed by atoms with Crippen LogP contribution in [0.5, 0.6) is 0 Å². The fraction of sp³-hybridized carbons (Fsp3) is 0.467. The highest BCUT2D eigenvalue weighted by Gasteiger charge is 2.38. The van der Waals surface area contributed by atoms with Crippen LogP contribution in [-0.4, -0.2) is 63.3 Å². The fourth-order valence-electron chi connectivity index (χ4n) is 2.31. The van der Waals surface area contributed by atoms with E-state index >= 15 is 0 Å². The molecule has 0 unspecified atom stereocenters. The van der Waals surface area contributed by atoms with Gasteiger partial charge in [0.2, 0.25) is 0 Å². The van der Waals surface area contributed by atoms with E-state index in [1.165, 1.54) is 18.0 Å². The van der Waals surface area contributed by atoms with E-state index in [0.29, 0.717) is 0 Å². The molecule has 0 aliphatic carbocycles. The lowest BCUT2D eigenvalue weighted by atomic mass is 9.95. The first-order valence-electron chi connectivity index (χ1n) is 7.42. The molecule has 26 heavy (non-hydrogen) atoms. The van der Waals surface area contributed by atoms with Crippen LogP contribution in [0.4, 0.5) is 15.0 Å². The van der Waals surface area contributed by atoms with Gasteiger partial charge in [0.05, 0.1) is 19.5 Å². The number of methoxy groups -OCH3 is 2. The van der Waals surface area contributed by atoms with Crippen molar-refractivity contribution < 1.29 is 28.5 Å². The van der Waals surface area contributed by atoms with Crippen molar-refractivity contribution in [1.29, 1.82) is 0 Å². The maximum absolute atomic E-state index is 13.4. The Balaban J connectivity index is 2.14. The Morgan fingerprint density at radius 3 is 2.88 bits per heavy atom. The van der Waals surface area contributed by atoms with E-state index in [1.54, 1.807) is 0 Å². The average Bonchev–Trinajstić information content (AvgIpc) is 3.04. The molecule has 140 valence electrons. The van der Waals surface area contributed by atoms with E-state index in [2.05, 4.69) is 25.6 Å². The molecule has 0 spiro atoms. The number of aromatic nitrogens is 4. The van der Waals surface area contributed by atoms with Crippen molar-refractivity contribution in [2.24, 2.45) is 0 Å². The maximum Gasteiger partial charge on any atom is 0.508 e. The predicted molar refractivity (Wildman–Crippen MR) is 87.2 cm³/mol. The Morgan fingerprint density at radius 2 is 2.27 bits per heavy atom. The zero-order valence-electron chi connectivity index (χ0n) is 14.2. The molecular formula is C15H18FN5O5. The molecule has 11 heteroatoms. The average molecular weight is 367 g/mol. The minimum atomic E-state index is -1.58. The van der Waals surface area contributed by atoms with Crippen LogP contribution in [0.15, 0.2) is 6.33 Å². The van der Waals surface area contributed by atoms with Crippen LogP contribution in [-0.2, 0) is 20.8 Å². The molecule has 0 bridgehead atoms. The second-order valence-corrected chi connectivity index (χ2v) is 5.27. The highest BCUT2D eigenvalue weighted by atomic mass is 19.1. The largest absolute Gasteiger partial charge is 0.508 e. The number of rotatable bonds is 7. The van der Waals surface area contributed by atoms with Crippen molar-refractivity contribution in [2.45, 2.75) is 24.7 Å². The summed E-state index contributed by atoms with van der Waals surface area (Å²) < 4.78 is 29.2. The van der Waals surface area contributed by atoms with Gasteiger partial charge in [0, 0.05) is 13.7 Å². The number of aliphatic hydroxyl groups excluding tert-OH is 1. The predicted octanol–water partition coefficient (Wildman–Crippen LogP) is 0.1000. The zero-order valence-corrected chi connectivity index (χ0v) is 14.2. The summed E-state index contributed by atoms with van der Waals surface area (Å²) in [4.78, 5) is 22.2. The summed E-state index contributed by atoms with van der Waals surface area (Å²) in [5.74, 6) is 2.20. The Hall–Kier alpha value is -2.97. The molecule has 0 aromatic carbocycles. The van der Waals surface area contributed by atoms with Gasteiger partial charge in [0.15, 0.2) is 17.1 Å². The third-order valence-electron chi connectivity index (χ3n) is 3.82. The van der Waals surface area contributed by atoms with Crippen LogP contribution in [0.1, 0.15) is 6.42 Å². The number of hydrogen-bond acceptors (Lipinski definition) is 9. The van der Waals surface area contributed by atoms with Crippen molar-refractivity contribution in [3.05, 3.63) is 12.4 Å². The minimum Gasteiger partial charge on any atom is -0.438 e. The van der Waals surface area contributed by atoms with Gasteiger partial charge >= 0.3 is 12.2 Å². The fourth-order valence-corrected chi connectivity index (χ4v) is 2.31. The molecule has 2 aromatic heterocycles. The second kappa shape index (κ2) is 7.94. The van der Waals surface area contributed by atoms with Crippen molar-refractivity contribution >= 4 is 23.1 Å². The number of fused-ring (bicyclic) bond motifs is 1. The zero-order chi connectivity index (χ0) is 19.3. The number of carbonyl (C=O) groups excluding carboxylic acids is 1. The van der Waals surface area contributed by atoms with Crippen LogP contribution in [0.3, 0.4) is 0 Å². The first kappa shape index (κ1) is 19.4. The number of nitrogen functional groups attached to an aromatic ring is 1. The van der Waals surface area contributed by atoms with Gasteiger partial charge in [-0.3, -0.25) is 0 Å². The molecule has 2 rings (SSSR count). The summed E-state index contributed by atoms with van der Waals surface area (Å²) in [5, 5.41) is 10.5. The van der Waals surface area contributed by atoms with Crippen molar-refractivity contribution in [1.82, 2.24) is 19.5 Å². The molecule has 0 aliphatic heterocycles. The van der Waals surface area contributed by atoms with Gasteiger partial charge in [-0.15, -0.1) is 6.42 Å². The monoisotopic (exact) mass is 367 g/mol. The summed E-state index contributed by atoms with van der Waals surface area (Å²) in [7, 11) is 2.42. The Labute approximate surface area is 148 Å². The minimum absolute atomic E-state index is 0.0690. The number of imidazole rings is 1. The van der Waals surface area contributed by atoms with E-state index in [4.69, 9.17) is 21.6 Å². The molecule has 2 heterocycles. The lowest BCUT2D eigenvalue weighted by Gasteiger charge is -2.31. The van der Waals surface area contributed by atoms with Gasteiger partial charge < -0.3 is 29.6 Å². The SMILES string of the molecule is C#C[C@](COC(=O)OC)(OC)[C@@H](O)CCn1cnc2c(N)nc(F)nc21. The van der Waals surface area contributed by atoms with E-state index in [1.807, 2.05) is 0 Å². The molecular weight excluding hydrogens is 349 g/mol. The molecule has 0 amide bonds. The highest BCUT2D eigenvalue weighted by Crippen LogP contribution is 2.21. The summed E-state index contributed by atoms with van der Waals surface area (Å²) >= 11 is 0. The molecule has 2 aromatic rings. The van der Waals surface area contributed by atoms with Gasteiger partial charge in [0.1, 0.15) is 12.1 Å². The van der Waals surface area contributed by atoms with E-state index in [0.717, 1.165) is 7.11 Å². The maximum atomic E-state index is 13.4. The first-order chi connectivity index (χ1) is 12.4. The standard InChI is InChI=1S/C15H18FN5O5/c1-4-15(25-3,7-26-14(23)24-2)9(22)5-6-21-8-18-10-11(17)19-13(16)20-12(10)21/h1,8-9,22H,5-7H2,2-3H3,(H2,17,19,20)/t9-,15+/m0/s1. The number of nitrogens with zero attached hydrogens (tertiary/aromatic N) is 4. The Morgan fingerprint density at radius 1 is 1.54 bits per heavy atom. The van der Waals surface area contributed by atoms with E-state index < -0.39 is 30.5 Å². The van der Waals surface area contributed by atoms with Gasteiger partial charge in [-0.05, 0) is 6.42 Å². The number of aliphatic hydroxyl groups is 1. The van der Waals surface area contributed by atoms with Gasteiger partial charge in [-0.2, -0.15) is 14.4 Å². The van der Waals surface area contributed by atoms with E-state index in [-0.39, 0.29) is 29.9 Å². The lowest BCUT2D eigenvalue weighted by molar-refractivity contribution is -0.101. The molecule has 0 radical (unpaired) electrons. The number of terminal acetylenes is 1. The Kier molecular flexibility index (Phi) is 5.91. The number of carbonyl (C=O) groups is 1. The molecule has 0 saturated heterocycles. The second-order valence-electron chi connectivity index (χ2n) is 5.27. The Bertz CT molecular complexity index is 836. The van der Waals surface area contributed by atoms with Gasteiger partial charge in [-0.1, -0.05) is 5.92 Å². The molecule has 0 aliphatic rings. The van der Waals surface area contributed by atoms with E-state index in [9.17, 15) is 14.3 Å². The molecule has 10 nitrogen and oxygen atoms in total. The summed E-state index contributed by atoms with van der Waals surface area (Å²) in [6, 6.07) is 0. The third kappa shape index (κ3) is 3.81. The highest BCUT2D eigenvalue weighted by molar-refractivity contribution is 5.81. The first-order valence-corrected chi connectivity index (χ1v) is 7.42. The van der Waals surface area contributed by atoms with Gasteiger partial charge in [-0.25, -0.2) is 9.78 Å². The normalized spacial score (nSPS) is 14.4. The van der Waals surface area contributed by atoms with Crippen LogP contribution >= 0.6 is 0 Å². The smallest absolute Gasteiger partial charge is 0.438 e. The summed E-state index contributed by atoms with van der Waals surface area (Å²) in [6.45, 7) is -0.249. The van der Waals surface area contributed by atoms with Crippen LogP contribution in [0.25, 0.3) is 11.2 Å². The molecule has 0 saturated carbocycles.